The Hall–Kier alpha value is -1.69. The van der Waals surface area contributed by atoms with Crippen LogP contribution in [0.4, 0.5) is 0 Å². The quantitative estimate of drug-likeness (QED) is 0.728. The molecule has 2 aromatic rings. The molecule has 66 valence electrons. The predicted octanol–water partition coefficient (Wildman–Crippen LogP) is 1.09. The van der Waals surface area contributed by atoms with E-state index in [1.54, 1.807) is 10.9 Å². The van der Waals surface area contributed by atoms with Gasteiger partial charge in [-0.2, -0.15) is 5.10 Å². The molecular weight excluding hydrogens is 190 g/mol. The van der Waals surface area contributed by atoms with E-state index in [0.29, 0.717) is 11.6 Å². The largest absolute Gasteiger partial charge is 0.402 e. The lowest BCUT2D eigenvalue weighted by atomic mass is 10.4. The number of aromatic nitrogens is 3. The Bertz CT molecular complexity index is 382. The summed E-state index contributed by atoms with van der Waals surface area (Å²) in [5, 5.41) is 7.78. The zero-order valence-corrected chi connectivity index (χ0v) is 7.25. The number of rotatable bonds is 2. The summed E-state index contributed by atoms with van der Waals surface area (Å²) in [5.41, 5.74) is 1.91. The van der Waals surface area contributed by atoms with E-state index in [9.17, 15) is 4.79 Å². The molecule has 0 aliphatic rings. The first-order valence-electron chi connectivity index (χ1n) is 3.46. The minimum Gasteiger partial charge on any atom is -0.402 e. The lowest BCUT2D eigenvalue weighted by Gasteiger charge is -1.95. The summed E-state index contributed by atoms with van der Waals surface area (Å²) < 4.78 is 4.89. The molecular formula is C7H5N3O2S. The summed E-state index contributed by atoms with van der Waals surface area (Å²) in [6.45, 7) is 0. The van der Waals surface area contributed by atoms with Crippen LogP contribution in [0.15, 0.2) is 23.2 Å². The van der Waals surface area contributed by atoms with Gasteiger partial charge < -0.3 is 4.74 Å². The van der Waals surface area contributed by atoms with Crippen LogP contribution < -0.4 is 4.74 Å². The van der Waals surface area contributed by atoms with Gasteiger partial charge in [0.25, 0.3) is 0 Å². The summed E-state index contributed by atoms with van der Waals surface area (Å²) >= 11 is 1.36. The molecule has 6 heteroatoms. The fourth-order valence-electron chi connectivity index (χ4n) is 0.771. The Morgan fingerprint density at radius 3 is 3.15 bits per heavy atom. The Balaban J connectivity index is 2.08. The minimum absolute atomic E-state index is 0.310. The molecule has 0 fully saturated rings. The van der Waals surface area contributed by atoms with E-state index >= 15 is 0 Å². The Kier molecular flexibility index (Phi) is 2.05. The van der Waals surface area contributed by atoms with Crippen LogP contribution in [0.5, 0.6) is 5.88 Å². The molecule has 0 bridgehead atoms. The number of thiazole rings is 1. The molecule has 2 aromatic heterocycles. The molecule has 0 unspecified atom stereocenters. The molecule has 5 nitrogen and oxygen atoms in total. The predicted molar refractivity (Wildman–Crippen MR) is 45.7 cm³/mol. The number of hydrogen-bond acceptors (Lipinski definition) is 5. The number of carbonyl (C=O) groups excluding carboxylic acids is 1. The Morgan fingerprint density at radius 1 is 1.62 bits per heavy atom. The van der Waals surface area contributed by atoms with E-state index in [-0.39, 0.29) is 0 Å². The van der Waals surface area contributed by atoms with E-state index in [4.69, 9.17) is 4.74 Å². The van der Waals surface area contributed by atoms with Gasteiger partial charge in [-0.05, 0) is 6.07 Å². The highest BCUT2D eigenvalue weighted by Gasteiger charge is 2.09. The van der Waals surface area contributed by atoms with Crippen molar-refractivity contribution in [1.82, 2.24) is 15.2 Å². The maximum Gasteiger partial charge on any atom is 0.363 e. The van der Waals surface area contributed by atoms with Crippen LogP contribution in [0.3, 0.4) is 0 Å². The van der Waals surface area contributed by atoms with Gasteiger partial charge in [-0.3, -0.25) is 5.10 Å². The standard InChI is InChI=1S/C7H5N3O2S/c11-7(5-1-2-9-10-5)12-6-3-13-4-8-6/h1-4H,(H,9,10). The smallest absolute Gasteiger partial charge is 0.363 e. The second-order valence-corrected chi connectivity index (χ2v) is 2.91. The minimum atomic E-state index is -0.483. The van der Waals surface area contributed by atoms with E-state index in [2.05, 4.69) is 15.2 Å². The van der Waals surface area contributed by atoms with Gasteiger partial charge in [-0.25, -0.2) is 9.78 Å². The lowest BCUT2D eigenvalue weighted by molar-refractivity contribution is 0.0722. The van der Waals surface area contributed by atoms with Crippen molar-refractivity contribution in [2.24, 2.45) is 0 Å². The van der Waals surface area contributed by atoms with Crippen LogP contribution in [0.1, 0.15) is 10.5 Å². The van der Waals surface area contributed by atoms with Gasteiger partial charge in [0.05, 0.1) is 10.9 Å². The van der Waals surface area contributed by atoms with Gasteiger partial charge in [0, 0.05) is 6.20 Å². The van der Waals surface area contributed by atoms with Crippen LogP contribution in [-0.2, 0) is 0 Å². The monoisotopic (exact) mass is 195 g/mol. The average molecular weight is 195 g/mol. The summed E-state index contributed by atoms with van der Waals surface area (Å²) in [6.07, 6.45) is 1.48. The summed E-state index contributed by atoms with van der Waals surface area (Å²) in [6, 6.07) is 1.54. The molecule has 1 N–H and O–H groups in total. The highest BCUT2D eigenvalue weighted by molar-refractivity contribution is 7.07. The van der Waals surface area contributed by atoms with E-state index in [1.807, 2.05) is 0 Å². The Labute approximate surface area is 77.4 Å². The molecule has 0 radical (unpaired) electrons. The third kappa shape index (κ3) is 1.73. The molecule has 0 spiro atoms. The molecule has 0 aliphatic carbocycles. The fourth-order valence-corrected chi connectivity index (χ4v) is 1.22. The van der Waals surface area contributed by atoms with Crippen molar-refractivity contribution in [3.05, 3.63) is 28.8 Å². The van der Waals surface area contributed by atoms with Gasteiger partial charge in [0.2, 0.25) is 5.88 Å². The van der Waals surface area contributed by atoms with Crippen LogP contribution in [0, 0.1) is 0 Å². The number of carbonyl (C=O) groups is 1. The molecule has 0 saturated heterocycles. The third-order valence-electron chi connectivity index (χ3n) is 1.33. The van der Waals surface area contributed by atoms with Crippen LogP contribution >= 0.6 is 11.3 Å². The van der Waals surface area contributed by atoms with Crippen LogP contribution in [0.25, 0.3) is 0 Å². The van der Waals surface area contributed by atoms with Crippen molar-refractivity contribution in [3.63, 3.8) is 0 Å². The number of aromatic amines is 1. The van der Waals surface area contributed by atoms with Crippen molar-refractivity contribution >= 4 is 17.3 Å². The molecule has 13 heavy (non-hydrogen) atoms. The summed E-state index contributed by atoms with van der Waals surface area (Å²) in [5.74, 6) is -0.173. The zero-order chi connectivity index (χ0) is 9.10. The highest BCUT2D eigenvalue weighted by atomic mass is 32.1. The molecule has 0 saturated carbocycles. The molecule has 0 amide bonds. The first-order valence-corrected chi connectivity index (χ1v) is 4.40. The maximum absolute atomic E-state index is 11.2. The lowest BCUT2D eigenvalue weighted by Crippen LogP contribution is -2.08. The summed E-state index contributed by atoms with van der Waals surface area (Å²) in [4.78, 5) is 15.1. The SMILES string of the molecule is O=C(Oc1cscn1)c1ccn[nH]1. The van der Waals surface area contributed by atoms with Crippen molar-refractivity contribution in [2.45, 2.75) is 0 Å². The Morgan fingerprint density at radius 2 is 2.54 bits per heavy atom. The number of nitrogens with zero attached hydrogens (tertiary/aromatic N) is 2. The second-order valence-electron chi connectivity index (χ2n) is 2.19. The van der Waals surface area contributed by atoms with Gasteiger partial charge in [0.15, 0.2) is 0 Å². The van der Waals surface area contributed by atoms with Gasteiger partial charge in [0.1, 0.15) is 5.69 Å². The topological polar surface area (TPSA) is 67.9 Å². The molecule has 0 aromatic carbocycles. The van der Waals surface area contributed by atoms with E-state index in [0.717, 1.165) is 0 Å². The first kappa shape index (κ1) is 7.93. The molecule has 2 rings (SSSR count). The zero-order valence-electron chi connectivity index (χ0n) is 6.43. The number of ether oxygens (including phenoxy) is 1. The van der Waals surface area contributed by atoms with Crippen molar-refractivity contribution < 1.29 is 9.53 Å². The summed E-state index contributed by atoms with van der Waals surface area (Å²) in [7, 11) is 0. The first-order chi connectivity index (χ1) is 6.36. The maximum atomic E-state index is 11.2. The van der Waals surface area contributed by atoms with Gasteiger partial charge in [-0.15, -0.1) is 11.3 Å². The number of H-pyrrole nitrogens is 1. The van der Waals surface area contributed by atoms with Gasteiger partial charge in [-0.1, -0.05) is 0 Å². The van der Waals surface area contributed by atoms with Crippen LogP contribution in [-0.4, -0.2) is 21.2 Å². The third-order valence-corrected chi connectivity index (χ3v) is 1.89. The number of esters is 1. The highest BCUT2D eigenvalue weighted by Crippen LogP contribution is 2.11. The van der Waals surface area contributed by atoms with E-state index < -0.39 is 5.97 Å². The van der Waals surface area contributed by atoms with Crippen molar-refractivity contribution in [1.29, 1.82) is 0 Å². The molecule has 2 heterocycles. The van der Waals surface area contributed by atoms with Crippen LogP contribution in [0.2, 0.25) is 0 Å². The molecule has 0 aliphatic heterocycles. The van der Waals surface area contributed by atoms with Crippen molar-refractivity contribution in [2.75, 3.05) is 0 Å². The average Bonchev–Trinajstić information content (AvgIpc) is 2.74. The second kappa shape index (κ2) is 3.36. The van der Waals surface area contributed by atoms with Crippen molar-refractivity contribution in [3.8, 4) is 5.88 Å². The molecule has 0 atom stereocenters. The fraction of sp³-hybridized carbons (Fsp3) is 0. The number of nitrogens with one attached hydrogen (secondary N) is 1. The number of hydrogen-bond donors (Lipinski definition) is 1. The normalized spacial score (nSPS) is 9.85. The van der Waals surface area contributed by atoms with E-state index in [1.165, 1.54) is 23.6 Å². The van der Waals surface area contributed by atoms with Gasteiger partial charge >= 0.3 is 5.97 Å².